The van der Waals surface area contributed by atoms with Gasteiger partial charge in [0.25, 0.3) is 0 Å². The van der Waals surface area contributed by atoms with Gasteiger partial charge in [0.15, 0.2) is 0 Å². The molecule has 2 rings (SSSR count). The molecule has 1 saturated carbocycles. The summed E-state index contributed by atoms with van der Waals surface area (Å²) in [4.78, 5) is 4.55. The molecule has 0 radical (unpaired) electrons. The topological polar surface area (TPSA) is 50.9 Å². The number of nitrogens with two attached hydrogens (primary N) is 1. The van der Waals surface area contributed by atoms with Crippen molar-refractivity contribution in [3.63, 3.8) is 0 Å². The van der Waals surface area contributed by atoms with Crippen molar-refractivity contribution in [2.24, 2.45) is 11.1 Å². The lowest BCUT2D eigenvalue weighted by Gasteiger charge is -2.27. The molecule has 3 N–H and O–H groups in total. The van der Waals surface area contributed by atoms with Crippen LogP contribution in [0.2, 0.25) is 0 Å². The highest BCUT2D eigenvalue weighted by Crippen LogP contribution is 2.40. The van der Waals surface area contributed by atoms with Crippen molar-refractivity contribution in [3.8, 4) is 0 Å². The molecule has 0 aromatic carbocycles. The Morgan fingerprint density at radius 2 is 2.22 bits per heavy atom. The van der Waals surface area contributed by atoms with Gasteiger partial charge in [0.1, 0.15) is 5.01 Å². The fraction of sp³-hybridized carbons (Fsp3) is 0.786. The van der Waals surface area contributed by atoms with Crippen LogP contribution in [0, 0.1) is 5.41 Å². The normalized spacial score (nSPS) is 20.2. The van der Waals surface area contributed by atoms with Crippen molar-refractivity contribution < 1.29 is 0 Å². The van der Waals surface area contributed by atoms with Crippen LogP contribution in [0.5, 0.6) is 0 Å². The second-order valence-electron chi connectivity index (χ2n) is 5.63. The summed E-state index contributed by atoms with van der Waals surface area (Å²) in [5.74, 6) is 0. The number of nitrogens with zero attached hydrogens (tertiary/aromatic N) is 1. The lowest BCUT2D eigenvalue weighted by molar-refractivity contribution is 0.268. The summed E-state index contributed by atoms with van der Waals surface area (Å²) in [7, 11) is 0. The Bertz CT molecular complexity index is 367. The fourth-order valence-corrected chi connectivity index (χ4v) is 3.63. The molecule has 4 heteroatoms. The van der Waals surface area contributed by atoms with E-state index in [1.807, 2.05) is 6.92 Å². The van der Waals surface area contributed by atoms with Crippen molar-refractivity contribution in [1.29, 1.82) is 0 Å². The fourth-order valence-electron chi connectivity index (χ4n) is 2.85. The maximum atomic E-state index is 5.83. The first-order valence-electron chi connectivity index (χ1n) is 7.06. The number of aromatic nitrogens is 1. The predicted molar refractivity (Wildman–Crippen MR) is 77.6 cm³/mol. The second kappa shape index (κ2) is 6.13. The molecule has 18 heavy (non-hydrogen) atoms. The molecule has 0 saturated heterocycles. The smallest absolute Gasteiger partial charge is 0.109 e. The summed E-state index contributed by atoms with van der Waals surface area (Å²) in [5.41, 5.74) is 7.52. The molecule has 1 unspecified atom stereocenters. The monoisotopic (exact) mass is 267 g/mol. The average Bonchev–Trinajstić information content (AvgIpc) is 2.98. The quantitative estimate of drug-likeness (QED) is 0.832. The summed E-state index contributed by atoms with van der Waals surface area (Å²) in [6.07, 6.45) is 6.88. The maximum absolute atomic E-state index is 5.83. The molecule has 1 aromatic heterocycles. The molecule has 1 aromatic rings. The zero-order valence-corrected chi connectivity index (χ0v) is 12.4. The van der Waals surface area contributed by atoms with E-state index in [-0.39, 0.29) is 6.04 Å². The zero-order valence-electron chi connectivity index (χ0n) is 11.5. The molecule has 0 bridgehead atoms. The van der Waals surface area contributed by atoms with Crippen molar-refractivity contribution in [1.82, 2.24) is 10.3 Å². The number of nitrogens with one attached hydrogen (secondary N) is 1. The van der Waals surface area contributed by atoms with Gasteiger partial charge in [0.2, 0.25) is 0 Å². The van der Waals surface area contributed by atoms with E-state index >= 15 is 0 Å². The SMILES string of the molecule is CCC1(CNCc2csc(C(C)N)n2)CCCC1. The van der Waals surface area contributed by atoms with Crippen LogP contribution in [0.3, 0.4) is 0 Å². The average molecular weight is 267 g/mol. The number of rotatable bonds is 6. The van der Waals surface area contributed by atoms with Crippen LogP contribution in [-0.4, -0.2) is 11.5 Å². The van der Waals surface area contributed by atoms with Crippen LogP contribution in [0.4, 0.5) is 0 Å². The van der Waals surface area contributed by atoms with E-state index < -0.39 is 0 Å². The van der Waals surface area contributed by atoms with E-state index in [9.17, 15) is 0 Å². The summed E-state index contributed by atoms with van der Waals surface area (Å²) in [6.45, 7) is 6.32. The van der Waals surface area contributed by atoms with Crippen molar-refractivity contribution in [3.05, 3.63) is 16.1 Å². The molecule has 1 aliphatic rings. The first-order chi connectivity index (χ1) is 8.65. The standard InChI is InChI=1S/C14H25N3S/c1-3-14(6-4-5-7-14)10-16-8-12-9-18-13(17-12)11(2)15/h9,11,16H,3-8,10,15H2,1-2H3. The Kier molecular flexibility index (Phi) is 4.76. The zero-order chi connectivity index (χ0) is 13.0. The van der Waals surface area contributed by atoms with Gasteiger partial charge in [-0.3, -0.25) is 0 Å². The van der Waals surface area contributed by atoms with Crippen LogP contribution in [0.1, 0.15) is 62.7 Å². The lowest BCUT2D eigenvalue weighted by atomic mass is 9.83. The van der Waals surface area contributed by atoms with Gasteiger partial charge >= 0.3 is 0 Å². The molecule has 102 valence electrons. The molecule has 1 atom stereocenters. The summed E-state index contributed by atoms with van der Waals surface area (Å²) in [6, 6.07) is 0.0561. The first kappa shape index (κ1) is 14.0. The summed E-state index contributed by atoms with van der Waals surface area (Å²) < 4.78 is 0. The van der Waals surface area contributed by atoms with Gasteiger partial charge < -0.3 is 11.1 Å². The van der Waals surface area contributed by atoms with Gasteiger partial charge in [0.05, 0.1) is 11.7 Å². The van der Waals surface area contributed by atoms with Crippen molar-refractivity contribution in [2.45, 2.75) is 58.5 Å². The summed E-state index contributed by atoms with van der Waals surface area (Å²) in [5, 5.41) is 6.75. The third-order valence-corrected chi connectivity index (χ3v) is 5.27. The van der Waals surface area contributed by atoms with E-state index in [4.69, 9.17) is 5.73 Å². The van der Waals surface area contributed by atoms with Gasteiger partial charge in [-0.15, -0.1) is 11.3 Å². The van der Waals surface area contributed by atoms with Gasteiger partial charge in [-0.25, -0.2) is 4.98 Å². The van der Waals surface area contributed by atoms with Crippen molar-refractivity contribution >= 4 is 11.3 Å². The highest BCUT2D eigenvalue weighted by atomic mass is 32.1. The molecule has 3 nitrogen and oxygen atoms in total. The second-order valence-corrected chi connectivity index (χ2v) is 6.52. The number of thiazole rings is 1. The van der Waals surface area contributed by atoms with Gasteiger partial charge in [-0.05, 0) is 31.6 Å². The van der Waals surface area contributed by atoms with E-state index in [1.165, 1.54) is 32.1 Å². The van der Waals surface area contributed by atoms with Gasteiger partial charge in [0, 0.05) is 18.5 Å². The minimum Gasteiger partial charge on any atom is -0.322 e. The Morgan fingerprint density at radius 1 is 1.50 bits per heavy atom. The minimum absolute atomic E-state index is 0.0561. The molecule has 0 amide bonds. The lowest BCUT2D eigenvalue weighted by Crippen LogP contribution is -2.31. The number of hydrogen-bond acceptors (Lipinski definition) is 4. The van der Waals surface area contributed by atoms with Crippen LogP contribution in [-0.2, 0) is 6.54 Å². The molecular formula is C14H25N3S. The largest absolute Gasteiger partial charge is 0.322 e. The summed E-state index contributed by atoms with van der Waals surface area (Å²) >= 11 is 1.67. The Balaban J connectivity index is 1.80. The van der Waals surface area contributed by atoms with Crippen LogP contribution in [0.25, 0.3) is 0 Å². The minimum atomic E-state index is 0.0561. The van der Waals surface area contributed by atoms with E-state index in [0.29, 0.717) is 5.41 Å². The molecular weight excluding hydrogens is 242 g/mol. The molecule has 1 heterocycles. The first-order valence-corrected chi connectivity index (χ1v) is 7.94. The Labute approximate surface area is 114 Å². The third-order valence-electron chi connectivity index (χ3n) is 4.18. The Hall–Kier alpha value is -0.450. The van der Waals surface area contributed by atoms with Gasteiger partial charge in [-0.2, -0.15) is 0 Å². The molecule has 0 spiro atoms. The predicted octanol–water partition coefficient (Wildman–Crippen LogP) is 3.22. The molecule has 1 aliphatic carbocycles. The van der Waals surface area contributed by atoms with E-state index in [1.54, 1.807) is 11.3 Å². The van der Waals surface area contributed by atoms with E-state index in [2.05, 4.69) is 22.6 Å². The maximum Gasteiger partial charge on any atom is 0.109 e. The van der Waals surface area contributed by atoms with Crippen LogP contribution < -0.4 is 11.1 Å². The molecule has 0 aliphatic heterocycles. The highest BCUT2D eigenvalue weighted by molar-refractivity contribution is 7.09. The Morgan fingerprint density at radius 3 is 2.78 bits per heavy atom. The third kappa shape index (κ3) is 3.31. The van der Waals surface area contributed by atoms with Crippen molar-refractivity contribution in [2.75, 3.05) is 6.54 Å². The van der Waals surface area contributed by atoms with Crippen LogP contribution in [0.15, 0.2) is 5.38 Å². The number of hydrogen-bond donors (Lipinski definition) is 2. The highest BCUT2D eigenvalue weighted by Gasteiger charge is 2.31. The van der Waals surface area contributed by atoms with Gasteiger partial charge in [-0.1, -0.05) is 19.8 Å². The van der Waals surface area contributed by atoms with Crippen LogP contribution >= 0.6 is 11.3 Å². The van der Waals surface area contributed by atoms with E-state index in [0.717, 1.165) is 23.8 Å². The molecule has 1 fully saturated rings.